The number of aryl methyl sites for hydroxylation is 2. The van der Waals surface area contributed by atoms with Gasteiger partial charge in [0.05, 0.1) is 0 Å². The van der Waals surface area contributed by atoms with Crippen LogP contribution in [0.4, 0.5) is 18.9 Å². The molecule has 2 heterocycles. The van der Waals surface area contributed by atoms with Crippen LogP contribution in [0, 0.1) is 13.8 Å². The van der Waals surface area contributed by atoms with Crippen molar-refractivity contribution in [2.24, 2.45) is 0 Å². The highest BCUT2D eigenvalue weighted by Gasteiger charge is 2.37. The second-order valence-corrected chi connectivity index (χ2v) is 8.03. The third-order valence-electron chi connectivity index (χ3n) is 5.53. The first-order valence-corrected chi connectivity index (χ1v) is 11.0. The third-order valence-corrected chi connectivity index (χ3v) is 5.53. The molecule has 1 amide bonds. The van der Waals surface area contributed by atoms with Crippen molar-refractivity contribution in [2.75, 3.05) is 11.9 Å². The van der Waals surface area contributed by atoms with Gasteiger partial charge in [-0.3, -0.25) is 9.59 Å². The summed E-state index contributed by atoms with van der Waals surface area (Å²) in [6.45, 7) is 2.72. The Kier molecular flexibility index (Phi) is 7.00. The molecule has 0 bridgehead atoms. The van der Waals surface area contributed by atoms with Gasteiger partial charge in [0.25, 0.3) is 17.5 Å². The molecule has 36 heavy (non-hydrogen) atoms. The first-order valence-electron chi connectivity index (χ1n) is 11.0. The number of nitrogens with one attached hydrogen (secondary N) is 1. The van der Waals surface area contributed by atoms with Crippen molar-refractivity contribution in [3.63, 3.8) is 0 Å². The molecule has 0 saturated heterocycles. The molecule has 0 spiro atoms. The molecule has 4 aromatic rings. The normalized spacial score (nSPS) is 11.5. The Morgan fingerprint density at radius 1 is 1.00 bits per heavy atom. The number of anilines is 1. The monoisotopic (exact) mass is 497 g/mol. The van der Waals surface area contributed by atoms with Crippen molar-refractivity contribution in [1.29, 1.82) is 0 Å². The lowest BCUT2D eigenvalue weighted by molar-refractivity contribution is -0.147. The highest BCUT2D eigenvalue weighted by molar-refractivity contribution is 5.96. The maximum Gasteiger partial charge on any atom is 0.453 e. The van der Waals surface area contributed by atoms with Gasteiger partial charge >= 0.3 is 12.1 Å². The van der Waals surface area contributed by atoms with Gasteiger partial charge in [0.15, 0.2) is 6.61 Å². The van der Waals surface area contributed by atoms with E-state index in [1.807, 2.05) is 42.5 Å². The van der Waals surface area contributed by atoms with Gasteiger partial charge in [0, 0.05) is 29.1 Å². The van der Waals surface area contributed by atoms with Crippen molar-refractivity contribution in [3.05, 3.63) is 77.4 Å². The maximum absolute atomic E-state index is 12.9. The summed E-state index contributed by atoms with van der Waals surface area (Å²) in [5.41, 5.74) is 3.72. The number of amides is 1. The van der Waals surface area contributed by atoms with Gasteiger partial charge in [-0.1, -0.05) is 48.5 Å². The van der Waals surface area contributed by atoms with Gasteiger partial charge in [-0.25, -0.2) is 9.50 Å². The molecule has 0 fully saturated rings. The van der Waals surface area contributed by atoms with E-state index in [2.05, 4.69) is 20.4 Å². The fourth-order valence-corrected chi connectivity index (χ4v) is 3.78. The topological polar surface area (TPSA) is 98.5 Å². The fourth-order valence-electron chi connectivity index (χ4n) is 3.78. The van der Waals surface area contributed by atoms with Crippen molar-refractivity contribution < 1.29 is 27.5 Å². The summed E-state index contributed by atoms with van der Waals surface area (Å²) in [7, 11) is 0. The number of ether oxygens (including phenoxy) is 1. The molecular formula is C25H22F3N5O3. The molecule has 8 nitrogen and oxygen atoms in total. The largest absolute Gasteiger partial charge is 0.456 e. The summed E-state index contributed by atoms with van der Waals surface area (Å²) in [6, 6.07) is 16.8. The van der Waals surface area contributed by atoms with Gasteiger partial charge in [-0.2, -0.15) is 18.2 Å². The molecule has 4 rings (SSSR count). The minimum absolute atomic E-state index is 0.0937. The smallest absolute Gasteiger partial charge is 0.453 e. The van der Waals surface area contributed by atoms with Crippen LogP contribution in [0.5, 0.6) is 0 Å². The zero-order chi connectivity index (χ0) is 25.9. The Hall–Kier alpha value is -4.28. The molecular weight excluding hydrogens is 475 g/mol. The minimum atomic E-state index is -4.69. The molecule has 0 aliphatic rings. The number of rotatable bonds is 7. The zero-order valence-electron chi connectivity index (χ0n) is 19.5. The number of hydrogen-bond acceptors (Lipinski definition) is 6. The first-order chi connectivity index (χ1) is 17.1. The van der Waals surface area contributed by atoms with E-state index in [1.165, 1.54) is 0 Å². The molecule has 186 valence electrons. The number of benzene rings is 2. The van der Waals surface area contributed by atoms with E-state index in [9.17, 15) is 22.8 Å². The summed E-state index contributed by atoms with van der Waals surface area (Å²) >= 11 is 0. The van der Waals surface area contributed by atoms with Crippen LogP contribution in [0.25, 0.3) is 16.9 Å². The van der Waals surface area contributed by atoms with E-state index in [1.54, 1.807) is 26.0 Å². The number of alkyl halides is 3. The SMILES string of the molecule is Cc1nc2nc(C(F)(F)F)nn2c(C)c1CCC(=O)OCC(=O)Nc1ccccc1-c1ccccc1. The van der Waals surface area contributed by atoms with Crippen LogP contribution in [0.15, 0.2) is 54.6 Å². The number of halogens is 3. The van der Waals surface area contributed by atoms with E-state index in [-0.39, 0.29) is 18.6 Å². The summed E-state index contributed by atoms with van der Waals surface area (Å²) in [5, 5.41) is 6.24. The van der Waals surface area contributed by atoms with E-state index in [0.717, 1.165) is 15.6 Å². The average Bonchev–Trinajstić information content (AvgIpc) is 3.28. The number of carbonyl (C=O) groups excluding carboxylic acids is 2. The van der Waals surface area contributed by atoms with Gasteiger partial charge in [-0.15, -0.1) is 5.10 Å². The highest BCUT2D eigenvalue weighted by atomic mass is 19.4. The summed E-state index contributed by atoms with van der Waals surface area (Å²) in [6.07, 6.45) is -4.64. The maximum atomic E-state index is 12.9. The first kappa shape index (κ1) is 24.8. The minimum Gasteiger partial charge on any atom is -0.456 e. The Balaban J connectivity index is 1.36. The number of carbonyl (C=O) groups is 2. The van der Waals surface area contributed by atoms with Gasteiger partial charge in [-0.05, 0) is 37.5 Å². The molecule has 11 heteroatoms. The quantitative estimate of drug-likeness (QED) is 0.377. The van der Waals surface area contributed by atoms with Crippen LogP contribution in [-0.2, 0) is 26.9 Å². The molecule has 1 N–H and O–H groups in total. The average molecular weight is 497 g/mol. The van der Waals surface area contributed by atoms with E-state index < -0.39 is 30.5 Å². The van der Waals surface area contributed by atoms with Gasteiger partial charge in [0.2, 0.25) is 0 Å². The van der Waals surface area contributed by atoms with Crippen LogP contribution in [0.2, 0.25) is 0 Å². The standard InChI is InChI=1S/C25H22F3N5O3/c1-15-18(16(2)33-24(29-15)31-23(32-33)25(26,27)28)12-13-22(35)36-14-21(34)30-20-11-7-6-10-19(20)17-8-4-3-5-9-17/h3-11H,12-14H2,1-2H3,(H,30,34). The number of para-hydroxylation sites is 1. The lowest BCUT2D eigenvalue weighted by Crippen LogP contribution is -2.21. The Morgan fingerprint density at radius 2 is 1.69 bits per heavy atom. The predicted octanol–water partition coefficient (Wildman–Crippen LogP) is 4.54. The van der Waals surface area contributed by atoms with Crippen molar-refractivity contribution >= 4 is 23.3 Å². The summed E-state index contributed by atoms with van der Waals surface area (Å²) in [5.74, 6) is -2.58. The Bertz CT molecular complexity index is 1420. The van der Waals surface area contributed by atoms with E-state index >= 15 is 0 Å². The second kappa shape index (κ2) is 10.1. The second-order valence-electron chi connectivity index (χ2n) is 8.03. The van der Waals surface area contributed by atoms with Crippen LogP contribution in [0.3, 0.4) is 0 Å². The number of aromatic nitrogens is 4. The number of nitrogens with zero attached hydrogens (tertiary/aromatic N) is 4. The molecule has 0 aliphatic heterocycles. The molecule has 2 aromatic heterocycles. The third kappa shape index (κ3) is 5.51. The van der Waals surface area contributed by atoms with Crippen LogP contribution in [0.1, 0.15) is 29.2 Å². The van der Waals surface area contributed by atoms with Crippen molar-refractivity contribution in [2.45, 2.75) is 32.9 Å². The van der Waals surface area contributed by atoms with Crippen molar-refractivity contribution in [1.82, 2.24) is 19.6 Å². The lowest BCUT2D eigenvalue weighted by Gasteiger charge is -2.12. The number of esters is 1. The molecule has 2 aromatic carbocycles. The summed E-state index contributed by atoms with van der Waals surface area (Å²) < 4.78 is 45.0. The molecule has 0 unspecified atom stereocenters. The Labute approximate surface area is 204 Å². The lowest BCUT2D eigenvalue weighted by atomic mass is 10.0. The van der Waals surface area contributed by atoms with E-state index in [0.29, 0.717) is 22.6 Å². The molecule has 0 saturated carbocycles. The number of fused-ring (bicyclic) bond motifs is 1. The predicted molar refractivity (Wildman–Crippen MR) is 125 cm³/mol. The summed E-state index contributed by atoms with van der Waals surface area (Å²) in [4.78, 5) is 32.2. The van der Waals surface area contributed by atoms with Crippen LogP contribution < -0.4 is 5.32 Å². The van der Waals surface area contributed by atoms with Crippen molar-refractivity contribution in [3.8, 4) is 11.1 Å². The van der Waals surface area contributed by atoms with E-state index in [4.69, 9.17) is 4.74 Å². The van der Waals surface area contributed by atoms with Gasteiger partial charge in [0.1, 0.15) is 0 Å². The molecule has 0 aliphatic carbocycles. The Morgan fingerprint density at radius 3 is 2.42 bits per heavy atom. The fraction of sp³-hybridized carbons (Fsp3) is 0.240. The molecule has 0 atom stereocenters. The highest BCUT2D eigenvalue weighted by Crippen LogP contribution is 2.28. The van der Waals surface area contributed by atoms with Gasteiger partial charge < -0.3 is 10.1 Å². The zero-order valence-corrected chi connectivity index (χ0v) is 19.5. The van der Waals surface area contributed by atoms with Crippen LogP contribution >= 0.6 is 0 Å². The number of hydrogen-bond donors (Lipinski definition) is 1. The van der Waals surface area contributed by atoms with Crippen LogP contribution in [-0.4, -0.2) is 38.1 Å². The molecule has 0 radical (unpaired) electrons.